The standard InChI is InChI=1S/C24H27N3O3S/c1-15-10-11-18(13-16(15)2)27-23(29)20-8-4-5-9-21(20)26-24(27)31-17(3)22(28)25-14-19-7-6-12-30-19/h4-5,8-11,13,17,19H,6-7,12,14H2,1-3H3,(H,25,28). The predicted octanol–water partition coefficient (Wildman–Crippen LogP) is 3.78. The van der Waals surface area contributed by atoms with E-state index in [4.69, 9.17) is 9.72 Å². The maximum absolute atomic E-state index is 13.4. The molecular formula is C24H27N3O3S. The third kappa shape index (κ3) is 4.67. The van der Waals surface area contributed by atoms with Gasteiger partial charge in [0.1, 0.15) is 0 Å². The number of aryl methyl sites for hydroxylation is 2. The minimum Gasteiger partial charge on any atom is -0.376 e. The van der Waals surface area contributed by atoms with Crippen molar-refractivity contribution in [2.24, 2.45) is 0 Å². The summed E-state index contributed by atoms with van der Waals surface area (Å²) in [5.41, 5.74) is 3.49. The van der Waals surface area contributed by atoms with Crippen LogP contribution in [0.2, 0.25) is 0 Å². The van der Waals surface area contributed by atoms with Gasteiger partial charge in [0.25, 0.3) is 5.56 Å². The molecule has 4 rings (SSSR count). The van der Waals surface area contributed by atoms with Gasteiger partial charge in [0.2, 0.25) is 5.91 Å². The summed E-state index contributed by atoms with van der Waals surface area (Å²) in [6.07, 6.45) is 2.10. The van der Waals surface area contributed by atoms with Crippen LogP contribution < -0.4 is 10.9 Å². The Labute approximate surface area is 186 Å². The molecule has 0 radical (unpaired) electrons. The van der Waals surface area contributed by atoms with Gasteiger partial charge < -0.3 is 10.1 Å². The molecule has 2 heterocycles. The first-order chi connectivity index (χ1) is 14.9. The highest BCUT2D eigenvalue weighted by Gasteiger charge is 2.22. The van der Waals surface area contributed by atoms with E-state index in [-0.39, 0.29) is 17.6 Å². The molecule has 31 heavy (non-hydrogen) atoms. The Bertz CT molecular complexity index is 1170. The minimum atomic E-state index is -0.410. The Morgan fingerprint density at radius 3 is 2.81 bits per heavy atom. The van der Waals surface area contributed by atoms with Crippen LogP contribution in [-0.4, -0.2) is 40.0 Å². The number of benzene rings is 2. The average molecular weight is 438 g/mol. The number of nitrogens with one attached hydrogen (secondary N) is 1. The fourth-order valence-corrected chi connectivity index (χ4v) is 4.61. The highest BCUT2D eigenvalue weighted by molar-refractivity contribution is 8.00. The molecule has 0 bridgehead atoms. The van der Waals surface area contributed by atoms with Gasteiger partial charge in [-0.25, -0.2) is 4.98 Å². The van der Waals surface area contributed by atoms with Crippen molar-refractivity contribution in [3.05, 3.63) is 63.9 Å². The van der Waals surface area contributed by atoms with Crippen molar-refractivity contribution >= 4 is 28.6 Å². The molecule has 2 atom stereocenters. The van der Waals surface area contributed by atoms with E-state index in [1.54, 1.807) is 10.6 Å². The van der Waals surface area contributed by atoms with Crippen LogP contribution in [0.5, 0.6) is 0 Å². The van der Waals surface area contributed by atoms with Gasteiger partial charge >= 0.3 is 0 Å². The normalized spacial score (nSPS) is 17.1. The molecule has 1 aromatic heterocycles. The Kier molecular flexibility index (Phi) is 6.43. The maximum atomic E-state index is 13.4. The number of nitrogens with zero attached hydrogens (tertiary/aromatic N) is 2. The van der Waals surface area contributed by atoms with Gasteiger partial charge in [0.05, 0.1) is 27.9 Å². The lowest BCUT2D eigenvalue weighted by molar-refractivity contribution is -0.120. The van der Waals surface area contributed by atoms with Crippen LogP contribution in [-0.2, 0) is 9.53 Å². The number of hydrogen-bond acceptors (Lipinski definition) is 5. The van der Waals surface area contributed by atoms with Crippen molar-refractivity contribution < 1.29 is 9.53 Å². The van der Waals surface area contributed by atoms with E-state index < -0.39 is 5.25 Å². The van der Waals surface area contributed by atoms with E-state index in [0.29, 0.717) is 22.6 Å². The van der Waals surface area contributed by atoms with Crippen molar-refractivity contribution in [1.82, 2.24) is 14.9 Å². The molecule has 2 unspecified atom stereocenters. The summed E-state index contributed by atoms with van der Waals surface area (Å²) in [5.74, 6) is -0.0884. The number of thioether (sulfide) groups is 1. The average Bonchev–Trinajstić information content (AvgIpc) is 3.28. The van der Waals surface area contributed by atoms with Crippen LogP contribution in [0.25, 0.3) is 16.6 Å². The van der Waals surface area contributed by atoms with E-state index in [1.807, 2.05) is 57.2 Å². The predicted molar refractivity (Wildman–Crippen MR) is 124 cm³/mol. The summed E-state index contributed by atoms with van der Waals surface area (Å²) in [4.78, 5) is 30.8. The van der Waals surface area contributed by atoms with Crippen molar-refractivity contribution in [3.8, 4) is 5.69 Å². The van der Waals surface area contributed by atoms with Crippen molar-refractivity contribution in [3.63, 3.8) is 0 Å². The molecular weight excluding hydrogens is 410 g/mol. The van der Waals surface area contributed by atoms with E-state index in [1.165, 1.54) is 11.8 Å². The number of para-hydroxylation sites is 1. The van der Waals surface area contributed by atoms with Gasteiger partial charge in [-0.15, -0.1) is 0 Å². The van der Waals surface area contributed by atoms with Crippen molar-refractivity contribution in [1.29, 1.82) is 0 Å². The van der Waals surface area contributed by atoms with Crippen LogP contribution in [0.3, 0.4) is 0 Å². The summed E-state index contributed by atoms with van der Waals surface area (Å²) in [7, 11) is 0. The van der Waals surface area contributed by atoms with Crippen molar-refractivity contribution in [2.75, 3.05) is 13.2 Å². The SMILES string of the molecule is Cc1ccc(-n2c(SC(C)C(=O)NCC3CCCO3)nc3ccccc3c2=O)cc1C. The number of rotatable bonds is 6. The smallest absolute Gasteiger partial charge is 0.266 e. The Hall–Kier alpha value is -2.64. The molecule has 3 aromatic rings. The number of hydrogen-bond donors (Lipinski definition) is 1. The number of amides is 1. The topological polar surface area (TPSA) is 73.2 Å². The summed E-state index contributed by atoms with van der Waals surface area (Å²) >= 11 is 1.29. The minimum absolute atomic E-state index is 0.0884. The molecule has 7 heteroatoms. The fraction of sp³-hybridized carbons (Fsp3) is 0.375. The van der Waals surface area contributed by atoms with E-state index in [9.17, 15) is 9.59 Å². The molecule has 1 aliphatic rings. The third-order valence-electron chi connectivity index (χ3n) is 5.67. The van der Waals surface area contributed by atoms with Gasteiger partial charge in [-0.05, 0) is 69.0 Å². The first-order valence-electron chi connectivity index (χ1n) is 10.6. The van der Waals surface area contributed by atoms with Gasteiger partial charge in [0.15, 0.2) is 5.16 Å². The van der Waals surface area contributed by atoms with Crippen LogP contribution in [0.4, 0.5) is 0 Å². The molecule has 0 saturated carbocycles. The lowest BCUT2D eigenvalue weighted by atomic mass is 10.1. The Balaban J connectivity index is 1.67. The van der Waals surface area contributed by atoms with Gasteiger partial charge in [-0.1, -0.05) is 30.0 Å². The van der Waals surface area contributed by atoms with Crippen LogP contribution in [0.1, 0.15) is 30.9 Å². The molecule has 162 valence electrons. The Morgan fingerprint density at radius 1 is 1.26 bits per heavy atom. The maximum Gasteiger partial charge on any atom is 0.266 e. The number of fused-ring (bicyclic) bond motifs is 1. The molecule has 1 amide bonds. The van der Waals surface area contributed by atoms with Crippen LogP contribution in [0.15, 0.2) is 52.4 Å². The monoisotopic (exact) mass is 437 g/mol. The summed E-state index contributed by atoms with van der Waals surface area (Å²) < 4.78 is 7.20. The summed E-state index contributed by atoms with van der Waals surface area (Å²) in [5, 5.41) is 3.62. The third-order valence-corrected chi connectivity index (χ3v) is 6.73. The second-order valence-corrected chi connectivity index (χ2v) is 9.27. The number of carbonyl (C=O) groups excluding carboxylic acids is 1. The first kappa shape index (κ1) is 21.6. The molecule has 2 aromatic carbocycles. The summed E-state index contributed by atoms with van der Waals surface area (Å²) in [6, 6.07) is 13.2. The quantitative estimate of drug-likeness (QED) is 0.469. The Morgan fingerprint density at radius 2 is 2.06 bits per heavy atom. The zero-order chi connectivity index (χ0) is 22.0. The summed E-state index contributed by atoms with van der Waals surface area (Å²) in [6.45, 7) is 7.16. The molecule has 1 aliphatic heterocycles. The molecule has 1 fully saturated rings. The highest BCUT2D eigenvalue weighted by Crippen LogP contribution is 2.26. The van der Waals surface area contributed by atoms with Gasteiger partial charge in [-0.2, -0.15) is 0 Å². The molecule has 1 N–H and O–H groups in total. The number of carbonyl (C=O) groups is 1. The van der Waals surface area contributed by atoms with Gasteiger partial charge in [-0.3, -0.25) is 14.2 Å². The lowest BCUT2D eigenvalue weighted by Crippen LogP contribution is -2.36. The molecule has 1 saturated heterocycles. The zero-order valence-corrected chi connectivity index (χ0v) is 18.9. The first-order valence-corrected chi connectivity index (χ1v) is 11.5. The zero-order valence-electron chi connectivity index (χ0n) is 18.1. The van der Waals surface area contributed by atoms with Gasteiger partial charge in [0, 0.05) is 13.2 Å². The van der Waals surface area contributed by atoms with E-state index in [2.05, 4.69) is 5.32 Å². The lowest BCUT2D eigenvalue weighted by Gasteiger charge is -2.18. The second-order valence-electron chi connectivity index (χ2n) is 7.96. The molecule has 0 aliphatic carbocycles. The van der Waals surface area contributed by atoms with Crippen molar-refractivity contribution in [2.45, 2.75) is 50.1 Å². The highest BCUT2D eigenvalue weighted by atomic mass is 32.2. The number of aromatic nitrogens is 2. The largest absolute Gasteiger partial charge is 0.376 e. The van der Waals surface area contributed by atoms with Crippen LogP contribution in [0, 0.1) is 13.8 Å². The molecule has 6 nitrogen and oxygen atoms in total. The van der Waals surface area contributed by atoms with Crippen LogP contribution >= 0.6 is 11.8 Å². The fourth-order valence-electron chi connectivity index (χ4n) is 3.66. The second kappa shape index (κ2) is 9.24. The molecule has 0 spiro atoms. The van der Waals surface area contributed by atoms with E-state index in [0.717, 1.165) is 36.3 Å². The van der Waals surface area contributed by atoms with E-state index >= 15 is 0 Å². The number of ether oxygens (including phenoxy) is 1.